The number of hydrogen-bond acceptors (Lipinski definition) is 0. The van der Waals surface area contributed by atoms with Crippen LogP contribution in [0.2, 0.25) is 0 Å². The number of rotatable bonds is 2. The molecule has 0 aromatic heterocycles. The van der Waals surface area contributed by atoms with Crippen LogP contribution in [0, 0.1) is 6.92 Å². The second-order valence-electron chi connectivity index (χ2n) is 4.28. The molecule has 0 bridgehead atoms. The molecule has 2 aromatic carbocycles. The van der Waals surface area contributed by atoms with Gasteiger partial charge in [0.05, 0.1) is 0 Å². The van der Waals surface area contributed by atoms with E-state index in [0.717, 1.165) is 23.6 Å². The van der Waals surface area contributed by atoms with Crippen molar-refractivity contribution in [3.05, 3.63) is 59.7 Å². The Morgan fingerprint density at radius 1 is 0.882 bits per heavy atom. The van der Waals surface area contributed by atoms with E-state index in [-0.39, 0.29) is 5.56 Å². The summed E-state index contributed by atoms with van der Waals surface area (Å²) >= 11 is 0. The van der Waals surface area contributed by atoms with Gasteiger partial charge in [0.1, 0.15) is 0 Å². The Hall–Kier alpha value is -1.70. The summed E-state index contributed by atoms with van der Waals surface area (Å²) < 4.78 is 26.1. The third-order valence-corrected chi connectivity index (χ3v) is 2.85. The molecule has 0 N–H and O–H groups in total. The Labute approximate surface area is 99.9 Å². The number of halogens is 2. The predicted molar refractivity (Wildman–Crippen MR) is 66.2 cm³/mol. The van der Waals surface area contributed by atoms with E-state index < -0.39 is 5.92 Å². The van der Waals surface area contributed by atoms with Gasteiger partial charge in [-0.3, -0.25) is 0 Å². The molecule has 0 amide bonds. The van der Waals surface area contributed by atoms with Crippen LogP contribution in [0.3, 0.4) is 0 Å². The van der Waals surface area contributed by atoms with Gasteiger partial charge in [-0.15, -0.1) is 0 Å². The van der Waals surface area contributed by atoms with Gasteiger partial charge in [-0.25, -0.2) is 8.78 Å². The van der Waals surface area contributed by atoms with Gasteiger partial charge in [0.2, 0.25) is 0 Å². The highest BCUT2D eigenvalue weighted by molar-refractivity contribution is 5.67. The maximum Gasteiger partial charge on any atom is 0.270 e. The first kappa shape index (κ1) is 11.8. The van der Waals surface area contributed by atoms with Crippen molar-refractivity contribution >= 4 is 0 Å². The Kier molecular flexibility index (Phi) is 2.97. The molecule has 0 saturated heterocycles. The van der Waals surface area contributed by atoms with Gasteiger partial charge in [-0.05, 0) is 23.6 Å². The first-order valence-electron chi connectivity index (χ1n) is 5.53. The minimum Gasteiger partial charge on any atom is -0.202 e. The molecule has 0 atom stereocenters. The normalized spacial score (nSPS) is 11.5. The topological polar surface area (TPSA) is 0 Å². The highest BCUT2D eigenvalue weighted by Crippen LogP contribution is 2.30. The third-order valence-electron chi connectivity index (χ3n) is 2.85. The van der Waals surface area contributed by atoms with Crippen LogP contribution in [0.5, 0.6) is 0 Å². The van der Waals surface area contributed by atoms with Gasteiger partial charge in [0, 0.05) is 12.5 Å². The molecule has 0 heterocycles. The van der Waals surface area contributed by atoms with Crippen LogP contribution in [0.4, 0.5) is 8.78 Å². The quantitative estimate of drug-likeness (QED) is 0.699. The second-order valence-corrected chi connectivity index (χ2v) is 4.28. The SMILES string of the molecule is Cc1ccccc1-c1ccc(C(C)(F)F)cc1. The maximum atomic E-state index is 13.1. The van der Waals surface area contributed by atoms with Crippen molar-refractivity contribution in [1.29, 1.82) is 0 Å². The van der Waals surface area contributed by atoms with Gasteiger partial charge in [0.25, 0.3) is 5.92 Å². The molecule has 0 saturated carbocycles. The number of hydrogen-bond donors (Lipinski definition) is 0. The molecule has 0 aliphatic carbocycles. The van der Waals surface area contributed by atoms with Crippen LogP contribution in [0.1, 0.15) is 18.1 Å². The number of aryl methyl sites for hydroxylation is 1. The lowest BCUT2D eigenvalue weighted by Crippen LogP contribution is -2.06. The third kappa shape index (κ3) is 2.52. The first-order chi connectivity index (χ1) is 7.98. The van der Waals surface area contributed by atoms with Crippen LogP contribution < -0.4 is 0 Å². The van der Waals surface area contributed by atoms with Crippen LogP contribution in [0.25, 0.3) is 11.1 Å². The van der Waals surface area contributed by atoms with Crippen molar-refractivity contribution in [2.45, 2.75) is 19.8 Å². The van der Waals surface area contributed by atoms with Gasteiger partial charge < -0.3 is 0 Å². The minimum atomic E-state index is -2.77. The Morgan fingerprint density at radius 2 is 1.47 bits per heavy atom. The molecule has 0 fully saturated rings. The number of benzene rings is 2. The molecule has 0 spiro atoms. The van der Waals surface area contributed by atoms with Crippen LogP contribution in [-0.4, -0.2) is 0 Å². The zero-order chi connectivity index (χ0) is 12.5. The van der Waals surface area contributed by atoms with E-state index in [1.165, 1.54) is 12.1 Å². The van der Waals surface area contributed by atoms with E-state index in [9.17, 15) is 8.78 Å². The summed E-state index contributed by atoms with van der Waals surface area (Å²) in [4.78, 5) is 0. The molecule has 2 heteroatoms. The molecule has 88 valence electrons. The Balaban J connectivity index is 2.40. The summed E-state index contributed by atoms with van der Waals surface area (Å²) in [6.07, 6.45) is 0. The fraction of sp³-hybridized carbons (Fsp3) is 0.200. The minimum absolute atomic E-state index is 0.0508. The van der Waals surface area contributed by atoms with Crippen molar-refractivity contribution in [3.63, 3.8) is 0 Å². The summed E-state index contributed by atoms with van der Waals surface area (Å²) in [6, 6.07) is 14.4. The average Bonchev–Trinajstić information content (AvgIpc) is 2.29. The van der Waals surface area contributed by atoms with E-state index in [1.54, 1.807) is 12.1 Å². The Bertz CT molecular complexity index is 507. The van der Waals surface area contributed by atoms with Crippen LogP contribution >= 0.6 is 0 Å². The van der Waals surface area contributed by atoms with E-state index in [2.05, 4.69) is 0 Å². The van der Waals surface area contributed by atoms with E-state index in [0.29, 0.717) is 0 Å². The molecule has 2 aromatic rings. The van der Waals surface area contributed by atoms with Crippen LogP contribution in [-0.2, 0) is 5.92 Å². The summed E-state index contributed by atoms with van der Waals surface area (Å²) in [5.74, 6) is -2.77. The number of alkyl halides is 2. The lowest BCUT2D eigenvalue weighted by molar-refractivity contribution is 0.0175. The molecule has 2 rings (SSSR count). The summed E-state index contributed by atoms with van der Waals surface area (Å²) in [6.45, 7) is 2.92. The van der Waals surface area contributed by atoms with E-state index in [4.69, 9.17) is 0 Å². The largest absolute Gasteiger partial charge is 0.270 e. The predicted octanol–water partition coefficient (Wildman–Crippen LogP) is 4.77. The summed E-state index contributed by atoms with van der Waals surface area (Å²) in [5.41, 5.74) is 3.24. The zero-order valence-corrected chi connectivity index (χ0v) is 9.87. The first-order valence-corrected chi connectivity index (χ1v) is 5.53. The zero-order valence-electron chi connectivity index (χ0n) is 9.87. The van der Waals surface area contributed by atoms with E-state index in [1.807, 2.05) is 31.2 Å². The van der Waals surface area contributed by atoms with Gasteiger partial charge >= 0.3 is 0 Å². The van der Waals surface area contributed by atoms with Crippen molar-refractivity contribution < 1.29 is 8.78 Å². The lowest BCUT2D eigenvalue weighted by atomic mass is 9.98. The van der Waals surface area contributed by atoms with Crippen molar-refractivity contribution in [2.75, 3.05) is 0 Å². The molecule has 0 aliphatic rings. The smallest absolute Gasteiger partial charge is 0.202 e. The fourth-order valence-electron chi connectivity index (χ4n) is 1.84. The highest BCUT2D eigenvalue weighted by atomic mass is 19.3. The van der Waals surface area contributed by atoms with E-state index >= 15 is 0 Å². The molecular formula is C15H14F2. The summed E-state index contributed by atoms with van der Waals surface area (Å²) in [7, 11) is 0. The average molecular weight is 232 g/mol. The molecule has 17 heavy (non-hydrogen) atoms. The molecule has 0 radical (unpaired) electrons. The Morgan fingerprint density at radius 3 is 2.00 bits per heavy atom. The highest BCUT2D eigenvalue weighted by Gasteiger charge is 2.23. The molecular weight excluding hydrogens is 218 g/mol. The fourth-order valence-corrected chi connectivity index (χ4v) is 1.84. The van der Waals surface area contributed by atoms with Crippen LogP contribution in [0.15, 0.2) is 48.5 Å². The van der Waals surface area contributed by atoms with Crippen molar-refractivity contribution in [3.8, 4) is 11.1 Å². The maximum absolute atomic E-state index is 13.1. The standard InChI is InChI=1S/C15H14F2/c1-11-5-3-4-6-14(11)12-7-9-13(10-8-12)15(2,16)17/h3-10H,1-2H3. The van der Waals surface area contributed by atoms with Gasteiger partial charge in [0.15, 0.2) is 0 Å². The van der Waals surface area contributed by atoms with Crippen molar-refractivity contribution in [1.82, 2.24) is 0 Å². The lowest BCUT2D eigenvalue weighted by Gasteiger charge is -2.12. The molecule has 0 unspecified atom stereocenters. The second kappa shape index (κ2) is 4.28. The monoisotopic (exact) mass is 232 g/mol. The molecule has 0 nitrogen and oxygen atoms in total. The van der Waals surface area contributed by atoms with Crippen molar-refractivity contribution in [2.24, 2.45) is 0 Å². The molecule has 0 aliphatic heterocycles. The van der Waals surface area contributed by atoms with Gasteiger partial charge in [-0.2, -0.15) is 0 Å². The summed E-state index contributed by atoms with van der Waals surface area (Å²) in [5, 5.41) is 0. The van der Waals surface area contributed by atoms with Gasteiger partial charge in [-0.1, -0.05) is 48.5 Å².